The Morgan fingerprint density at radius 2 is 1.25 bits per heavy atom. The van der Waals surface area contributed by atoms with E-state index in [1.54, 1.807) is 36.8 Å². The van der Waals surface area contributed by atoms with Gasteiger partial charge >= 0.3 is 62.8 Å². The minimum Gasteiger partial charge on any atom is -0.412 e. The van der Waals surface area contributed by atoms with E-state index in [-0.39, 0.29) is 119 Å². The monoisotopic (exact) mass is 869 g/mol. The van der Waals surface area contributed by atoms with Crippen molar-refractivity contribution in [3.8, 4) is 0 Å². The van der Waals surface area contributed by atoms with Crippen molar-refractivity contribution in [2.24, 2.45) is 10.7 Å². The zero-order valence-electron chi connectivity index (χ0n) is 34.2. The van der Waals surface area contributed by atoms with E-state index in [4.69, 9.17) is 5.73 Å². The molecule has 61 heavy (non-hydrogen) atoms. The summed E-state index contributed by atoms with van der Waals surface area (Å²) >= 11 is 0. The number of hydrogen-bond donors (Lipinski definition) is 6. The number of aliphatic imine (C=N–C) groups is 1. The summed E-state index contributed by atoms with van der Waals surface area (Å²) in [6, 6.07) is 15.6. The third-order valence-electron chi connectivity index (χ3n) is 11.2. The van der Waals surface area contributed by atoms with E-state index in [0.29, 0.717) is 55.5 Å². The Balaban J connectivity index is 0.000000239. The molecule has 6 atom stereocenters. The number of carbonyl (C=O) groups is 1. The molecule has 3 aliphatic heterocycles. The van der Waals surface area contributed by atoms with Gasteiger partial charge in [0, 0.05) is 48.9 Å². The fourth-order valence-corrected chi connectivity index (χ4v) is 8.70. The van der Waals surface area contributed by atoms with Crippen LogP contribution in [0.15, 0.2) is 74.0 Å². The average molecular weight is 870 g/mol. The summed E-state index contributed by atoms with van der Waals surface area (Å²) in [5.74, 6) is -0.0632. The van der Waals surface area contributed by atoms with Crippen molar-refractivity contribution in [3.05, 3.63) is 103 Å². The molecule has 0 radical (unpaired) electrons. The topological polar surface area (TPSA) is 263 Å². The molecule has 9 N–H and O–H groups in total. The summed E-state index contributed by atoms with van der Waals surface area (Å²) in [6.45, 7) is 10.8. The predicted octanol–water partition coefficient (Wildman–Crippen LogP) is 0.183. The van der Waals surface area contributed by atoms with Gasteiger partial charge in [0.05, 0.1) is 40.3 Å². The largest absolute Gasteiger partial charge is 1.00 e. The van der Waals surface area contributed by atoms with Crippen LogP contribution in [0.1, 0.15) is 104 Å². The number of carbonyl (C=O) groups excluding carboxylic acids is 1. The number of hydrogen-bond acceptors (Lipinski definition) is 9. The third kappa shape index (κ3) is 9.83. The van der Waals surface area contributed by atoms with Crippen LogP contribution in [0.4, 0.5) is 0 Å². The molecule has 3 aromatic heterocycles. The van der Waals surface area contributed by atoms with Gasteiger partial charge in [-0.05, 0) is 82.2 Å². The number of aliphatic hydroxyl groups is 3. The zero-order chi connectivity index (χ0) is 40.9. The van der Waals surface area contributed by atoms with E-state index in [1.807, 2.05) is 64.1 Å². The number of amides is 1. The van der Waals surface area contributed by atoms with Crippen molar-refractivity contribution in [3.63, 3.8) is 0 Å². The Morgan fingerprint density at radius 1 is 0.754 bits per heavy atom. The van der Waals surface area contributed by atoms with E-state index < -0.39 is 18.3 Å². The van der Waals surface area contributed by atoms with Crippen LogP contribution in [0.3, 0.4) is 0 Å². The molecule has 6 heterocycles. The maximum atomic E-state index is 12.1. The van der Waals surface area contributed by atoms with Gasteiger partial charge in [-0.15, -0.1) is 0 Å². The summed E-state index contributed by atoms with van der Waals surface area (Å²) in [4.78, 5) is 63.5. The van der Waals surface area contributed by atoms with Crippen molar-refractivity contribution in [2.75, 3.05) is 0 Å². The molecule has 1 amide bonds. The minimum absolute atomic E-state index is 0. The SMILES string of the molecule is C.C.CC(=O)N(C(C)C)[C@@H]1CCn2c(=O)[nH]c3cccc(c32)[C@H]1O.CC(C)=N[C@@H]1CCn2c(=O)[nH]c3cccc(c32)[C@H]1O.N[C@@H]1CCn2c(=O)[n-]c3cccc(c32)[C@H]1O.O.[K+]. The zero-order valence-corrected chi connectivity index (χ0v) is 37.3. The number of imidazole rings is 3. The summed E-state index contributed by atoms with van der Waals surface area (Å²) in [5.41, 5.74) is 12.9. The van der Waals surface area contributed by atoms with Gasteiger partial charge in [-0.3, -0.25) is 23.7 Å². The van der Waals surface area contributed by atoms with Crippen LogP contribution in [-0.2, 0) is 24.4 Å². The Bertz CT molecular complexity index is 2670. The van der Waals surface area contributed by atoms with Crippen LogP contribution in [0.25, 0.3) is 33.1 Å². The first-order chi connectivity index (χ1) is 27.2. The number of nitrogens with zero attached hydrogens (tertiary/aromatic N) is 6. The van der Waals surface area contributed by atoms with Gasteiger partial charge in [-0.25, -0.2) is 9.59 Å². The Hall–Kier alpha value is -3.95. The van der Waals surface area contributed by atoms with Crippen LogP contribution in [0.2, 0.25) is 0 Å². The molecule has 0 fully saturated rings. The third-order valence-corrected chi connectivity index (χ3v) is 11.2. The molecule has 3 aliphatic rings. The van der Waals surface area contributed by atoms with E-state index in [1.165, 1.54) is 6.92 Å². The van der Waals surface area contributed by atoms with E-state index in [0.717, 1.165) is 38.9 Å². The fraction of sp³-hybridized carbons (Fsp3) is 0.465. The minimum atomic E-state index is -0.807. The van der Waals surface area contributed by atoms with Crippen LogP contribution in [0.5, 0.6) is 0 Å². The van der Waals surface area contributed by atoms with Gasteiger partial charge in [0.25, 0.3) is 0 Å². The molecule has 9 rings (SSSR count). The summed E-state index contributed by atoms with van der Waals surface area (Å²) in [7, 11) is 0. The second-order valence-corrected chi connectivity index (χ2v) is 15.5. The van der Waals surface area contributed by atoms with E-state index in [9.17, 15) is 34.5 Å². The van der Waals surface area contributed by atoms with Gasteiger partial charge in [0.15, 0.2) is 5.69 Å². The maximum absolute atomic E-state index is 12.1. The standard InChI is InChI=1S/C16H21N3O3.C14H17N3O2.C11H13N3O2.2CH4.K.H2O/c1-9(2)19(10(3)20)13-7-8-18-14-11(15(13)21)5-4-6-12(14)17-16(18)22;1-8(2)15-11-6-7-17-12-9(13(11)18)4-3-5-10(12)16-14(17)19;12-7-4-5-14-9-6(10(7)15)2-1-3-8(9)13-11(14)16;;;;/h4-6,9,13,15,21H,7-8H2,1-3H3,(H,17,22);3-5,11,13,18H,6-7H2,1-2H3,(H,16,19);1-3,7,10,15H,4-5,12H2,(H,13,16);2*1H4;;1H2/q;;;;;+1;/p-1/t13-,15-;11-,13-;7-,10-;;;;/m111..../s1. The summed E-state index contributed by atoms with van der Waals surface area (Å²) < 4.78 is 4.96. The number of aromatic nitrogens is 6. The normalized spacial score (nSPS) is 21.0. The van der Waals surface area contributed by atoms with Crippen molar-refractivity contribution in [2.45, 2.75) is 131 Å². The second kappa shape index (κ2) is 20.9. The smallest absolute Gasteiger partial charge is 0.412 e. The molecule has 0 aliphatic carbocycles. The van der Waals surface area contributed by atoms with E-state index >= 15 is 0 Å². The molecule has 0 bridgehead atoms. The molecule has 0 saturated heterocycles. The van der Waals surface area contributed by atoms with Gasteiger partial charge in [-0.2, -0.15) is 0 Å². The van der Waals surface area contributed by atoms with Crippen LogP contribution in [-0.4, -0.2) is 85.2 Å². The Kier molecular flexibility index (Phi) is 17.6. The number of aryl methyl sites for hydroxylation is 3. The van der Waals surface area contributed by atoms with E-state index in [2.05, 4.69) is 19.9 Å². The fourth-order valence-electron chi connectivity index (χ4n) is 8.70. The summed E-state index contributed by atoms with van der Waals surface area (Å²) in [6.07, 6.45) is -0.409. The average Bonchev–Trinajstić information content (AvgIpc) is 3.68. The van der Waals surface area contributed by atoms with Gasteiger partial charge < -0.3 is 50.9 Å². The molecule has 326 valence electrons. The molecule has 6 aromatic rings. The van der Waals surface area contributed by atoms with Gasteiger partial charge in [0.2, 0.25) is 5.91 Å². The molecule has 3 aromatic carbocycles. The first-order valence-corrected chi connectivity index (χ1v) is 19.4. The van der Waals surface area contributed by atoms with Crippen LogP contribution >= 0.6 is 0 Å². The number of rotatable bonds is 3. The molecular weight excluding hydrogens is 810 g/mol. The van der Waals surface area contributed by atoms with Crippen LogP contribution < -0.4 is 79.2 Å². The summed E-state index contributed by atoms with van der Waals surface area (Å²) in [5, 5.41) is 31.5. The van der Waals surface area contributed by atoms with Crippen molar-refractivity contribution in [1.29, 1.82) is 0 Å². The quantitative estimate of drug-likeness (QED) is 0.105. The number of benzene rings is 3. The second-order valence-electron chi connectivity index (χ2n) is 15.5. The number of para-hydroxylation sites is 3. The van der Waals surface area contributed by atoms with Gasteiger partial charge in [-0.1, -0.05) is 57.3 Å². The predicted molar refractivity (Wildman–Crippen MR) is 234 cm³/mol. The first kappa shape index (κ1) is 51.4. The molecule has 0 saturated carbocycles. The molecule has 0 spiro atoms. The maximum Gasteiger partial charge on any atom is 1.00 e. The van der Waals surface area contributed by atoms with Crippen molar-refractivity contribution in [1.82, 2.24) is 33.6 Å². The number of nitrogens with two attached hydrogens (primary N) is 1. The van der Waals surface area contributed by atoms with Crippen molar-refractivity contribution < 1.29 is 77.0 Å². The number of H-pyrrole nitrogens is 2. The number of nitrogens with one attached hydrogen (secondary N) is 2. The first-order valence-electron chi connectivity index (χ1n) is 19.4. The van der Waals surface area contributed by atoms with Gasteiger partial charge in [0.1, 0.15) is 12.2 Å². The van der Waals surface area contributed by atoms with Crippen molar-refractivity contribution >= 4 is 44.7 Å². The molecule has 0 unspecified atom stereocenters. The van der Waals surface area contributed by atoms with Crippen LogP contribution in [0, 0.1) is 0 Å². The number of aromatic amines is 2. The molecule has 17 nitrogen and oxygen atoms in total. The number of aliphatic hydroxyl groups excluding tert-OH is 3. The Morgan fingerprint density at radius 3 is 1.77 bits per heavy atom. The molecule has 18 heteroatoms. The Labute approximate surface area is 396 Å². The molecular formula is C43H60KN9O8.